The van der Waals surface area contributed by atoms with Crippen LogP contribution in [0.2, 0.25) is 0 Å². The molecule has 0 radical (unpaired) electrons. The fraction of sp³-hybridized carbons (Fsp3) is 0.588. The van der Waals surface area contributed by atoms with Crippen LogP contribution in [0.4, 0.5) is 5.69 Å². The zero-order chi connectivity index (χ0) is 18.4. The molecule has 136 valence electrons. The first kappa shape index (κ1) is 20.6. The average molecular weight is 356 g/mol. The van der Waals surface area contributed by atoms with Crippen LogP contribution in [-0.2, 0) is 25.0 Å². The van der Waals surface area contributed by atoms with Crippen molar-refractivity contribution in [3.63, 3.8) is 0 Å². The summed E-state index contributed by atoms with van der Waals surface area (Å²) in [5.74, 6) is -0.352. The van der Waals surface area contributed by atoms with Gasteiger partial charge in [0.15, 0.2) is 0 Å². The van der Waals surface area contributed by atoms with Crippen LogP contribution in [0.3, 0.4) is 0 Å². The van der Waals surface area contributed by atoms with Crippen molar-refractivity contribution in [2.75, 3.05) is 38.4 Å². The molecule has 1 N–H and O–H groups in total. The van der Waals surface area contributed by atoms with E-state index >= 15 is 0 Å². The van der Waals surface area contributed by atoms with Crippen molar-refractivity contribution in [1.29, 1.82) is 0 Å². The number of hydrogen-bond donors (Lipinski definition) is 1. The van der Waals surface area contributed by atoms with Gasteiger partial charge < -0.3 is 10.1 Å². The molecule has 24 heavy (non-hydrogen) atoms. The van der Waals surface area contributed by atoms with Gasteiger partial charge in [0.05, 0.1) is 12.8 Å². The predicted octanol–water partition coefficient (Wildman–Crippen LogP) is 2.22. The summed E-state index contributed by atoms with van der Waals surface area (Å²) in [6.45, 7) is 6.67. The molecule has 1 aromatic rings. The third-order valence-corrected chi connectivity index (χ3v) is 4.80. The van der Waals surface area contributed by atoms with E-state index in [4.69, 9.17) is 4.74 Å². The first-order valence-electron chi connectivity index (χ1n) is 7.89. The molecular formula is C17H28N2O4S. The molecule has 0 aliphatic rings. The zero-order valence-electron chi connectivity index (χ0n) is 15.1. The normalized spacial score (nSPS) is 12.4. The number of rotatable bonds is 8. The van der Waals surface area contributed by atoms with E-state index in [9.17, 15) is 13.2 Å². The lowest BCUT2D eigenvalue weighted by molar-refractivity contribution is -0.116. The lowest BCUT2D eigenvalue weighted by Gasteiger charge is -2.24. The maximum Gasteiger partial charge on any atom is 0.239 e. The quantitative estimate of drug-likeness (QED) is 0.725. The zero-order valence-corrected chi connectivity index (χ0v) is 15.9. The molecule has 0 saturated heterocycles. The second kappa shape index (κ2) is 8.60. The van der Waals surface area contributed by atoms with E-state index in [1.54, 1.807) is 7.11 Å². The number of carbonyl (C=O) groups is 1. The first-order valence-corrected chi connectivity index (χ1v) is 9.74. The molecular weight excluding hydrogens is 328 g/mol. The fourth-order valence-corrected chi connectivity index (χ4v) is 3.16. The Morgan fingerprint density at radius 2 is 1.88 bits per heavy atom. The van der Waals surface area contributed by atoms with E-state index in [1.165, 1.54) is 4.31 Å². The van der Waals surface area contributed by atoms with Crippen molar-refractivity contribution in [2.24, 2.45) is 0 Å². The number of nitrogens with one attached hydrogen (secondary N) is 1. The highest BCUT2D eigenvalue weighted by Gasteiger charge is 2.22. The highest BCUT2D eigenvalue weighted by atomic mass is 32.2. The Morgan fingerprint density at radius 1 is 1.25 bits per heavy atom. The largest absolute Gasteiger partial charge is 0.385 e. The molecule has 0 aliphatic carbocycles. The summed E-state index contributed by atoms with van der Waals surface area (Å²) >= 11 is 0. The first-order chi connectivity index (χ1) is 11.1. The van der Waals surface area contributed by atoms with Gasteiger partial charge in [-0.1, -0.05) is 39.0 Å². The third-order valence-electron chi connectivity index (χ3n) is 3.55. The van der Waals surface area contributed by atoms with Crippen LogP contribution in [0.15, 0.2) is 24.3 Å². The monoisotopic (exact) mass is 356 g/mol. The lowest BCUT2D eigenvalue weighted by atomic mass is 9.86. The predicted molar refractivity (Wildman–Crippen MR) is 96.7 cm³/mol. The van der Waals surface area contributed by atoms with Gasteiger partial charge in [-0.05, 0) is 23.5 Å². The minimum absolute atomic E-state index is 0.126. The minimum Gasteiger partial charge on any atom is -0.385 e. The molecule has 0 aliphatic heterocycles. The number of anilines is 1. The van der Waals surface area contributed by atoms with Gasteiger partial charge in [0.1, 0.15) is 0 Å². The number of sulfonamides is 1. The van der Waals surface area contributed by atoms with Crippen LogP contribution in [0.5, 0.6) is 0 Å². The van der Waals surface area contributed by atoms with Gasteiger partial charge >= 0.3 is 0 Å². The second-order valence-corrected chi connectivity index (χ2v) is 8.77. The van der Waals surface area contributed by atoms with Gasteiger partial charge in [0.25, 0.3) is 0 Å². The average Bonchev–Trinajstić information content (AvgIpc) is 2.44. The smallest absolute Gasteiger partial charge is 0.239 e. The summed E-state index contributed by atoms with van der Waals surface area (Å²) in [4.78, 5) is 12.3. The Kier molecular flexibility index (Phi) is 7.38. The molecule has 0 aromatic heterocycles. The number of amides is 1. The summed E-state index contributed by atoms with van der Waals surface area (Å²) in [5, 5.41) is 2.83. The molecule has 0 heterocycles. The van der Waals surface area contributed by atoms with Crippen LogP contribution in [0.1, 0.15) is 32.8 Å². The van der Waals surface area contributed by atoms with E-state index in [2.05, 4.69) is 26.1 Å². The Morgan fingerprint density at radius 3 is 2.42 bits per heavy atom. The van der Waals surface area contributed by atoms with Crippen molar-refractivity contribution >= 4 is 21.6 Å². The van der Waals surface area contributed by atoms with Gasteiger partial charge in [-0.3, -0.25) is 4.79 Å². The van der Waals surface area contributed by atoms with Crippen LogP contribution >= 0.6 is 0 Å². The molecule has 0 atom stereocenters. The van der Waals surface area contributed by atoms with Gasteiger partial charge in [-0.15, -0.1) is 0 Å². The number of benzene rings is 1. The van der Waals surface area contributed by atoms with Crippen LogP contribution in [0, 0.1) is 0 Å². The molecule has 1 amide bonds. The summed E-state index contributed by atoms with van der Waals surface area (Å²) in [6, 6.07) is 7.55. The van der Waals surface area contributed by atoms with Crippen LogP contribution < -0.4 is 5.32 Å². The molecule has 0 fully saturated rings. The summed E-state index contributed by atoms with van der Waals surface area (Å²) < 4.78 is 29.8. The second-order valence-electron chi connectivity index (χ2n) is 6.79. The molecule has 0 unspecified atom stereocenters. The summed E-state index contributed by atoms with van der Waals surface area (Å²) in [5.41, 5.74) is 1.59. The number of hydrogen-bond acceptors (Lipinski definition) is 4. The van der Waals surface area contributed by atoms with Gasteiger partial charge in [0.2, 0.25) is 15.9 Å². The molecule has 1 rings (SSSR count). The Labute approximate surface area is 145 Å². The maximum atomic E-state index is 12.3. The Hall–Kier alpha value is -1.44. The Balaban J connectivity index is 2.84. The van der Waals surface area contributed by atoms with Crippen LogP contribution in [0.25, 0.3) is 0 Å². The van der Waals surface area contributed by atoms with Crippen molar-refractivity contribution in [3.05, 3.63) is 29.8 Å². The fourth-order valence-electron chi connectivity index (χ4n) is 2.34. The van der Waals surface area contributed by atoms with Crippen molar-refractivity contribution in [2.45, 2.75) is 32.6 Å². The molecule has 6 nitrogen and oxygen atoms in total. The van der Waals surface area contributed by atoms with Crippen molar-refractivity contribution in [1.82, 2.24) is 4.31 Å². The lowest BCUT2D eigenvalue weighted by Crippen LogP contribution is -2.38. The number of carbonyl (C=O) groups excluding carboxylic acids is 1. The number of ether oxygens (including phenoxy) is 1. The third kappa shape index (κ3) is 6.59. The SMILES string of the molecule is COCCCN(CC(=O)Nc1ccccc1C(C)(C)C)S(C)(=O)=O. The van der Waals surface area contributed by atoms with E-state index in [0.717, 1.165) is 11.8 Å². The van der Waals surface area contributed by atoms with E-state index in [1.807, 2.05) is 24.3 Å². The highest BCUT2D eigenvalue weighted by Crippen LogP contribution is 2.29. The standard InChI is InChI=1S/C17H28N2O4S/c1-17(2,3)14-9-6-7-10-15(14)18-16(20)13-19(24(5,21)22)11-8-12-23-4/h6-7,9-10H,8,11-13H2,1-5H3,(H,18,20). The molecule has 1 aromatic carbocycles. The van der Waals surface area contributed by atoms with E-state index in [0.29, 0.717) is 18.7 Å². The van der Waals surface area contributed by atoms with Crippen molar-refractivity contribution in [3.8, 4) is 0 Å². The molecule has 7 heteroatoms. The van der Waals surface area contributed by atoms with Gasteiger partial charge in [-0.2, -0.15) is 4.31 Å². The summed E-state index contributed by atoms with van der Waals surface area (Å²) in [6.07, 6.45) is 1.64. The topological polar surface area (TPSA) is 75.7 Å². The Bertz CT molecular complexity index is 651. The molecule has 0 spiro atoms. The van der Waals surface area contributed by atoms with E-state index in [-0.39, 0.29) is 24.4 Å². The molecule has 0 saturated carbocycles. The number of para-hydroxylation sites is 1. The number of methoxy groups -OCH3 is 1. The van der Waals surface area contributed by atoms with Gasteiger partial charge in [-0.25, -0.2) is 8.42 Å². The minimum atomic E-state index is -3.45. The highest BCUT2D eigenvalue weighted by molar-refractivity contribution is 7.88. The van der Waals surface area contributed by atoms with Crippen LogP contribution in [-0.4, -0.2) is 51.7 Å². The number of nitrogens with zero attached hydrogens (tertiary/aromatic N) is 1. The molecule has 0 bridgehead atoms. The summed E-state index contributed by atoms with van der Waals surface area (Å²) in [7, 11) is -1.90. The van der Waals surface area contributed by atoms with Crippen molar-refractivity contribution < 1.29 is 17.9 Å². The van der Waals surface area contributed by atoms with Gasteiger partial charge in [0, 0.05) is 25.9 Å². The van der Waals surface area contributed by atoms with E-state index < -0.39 is 10.0 Å². The maximum absolute atomic E-state index is 12.3.